The Morgan fingerprint density at radius 3 is 2.41 bits per heavy atom. The first-order valence-corrected chi connectivity index (χ1v) is 7.26. The van der Waals surface area contributed by atoms with Crippen LogP contribution in [0.5, 0.6) is 0 Å². The van der Waals surface area contributed by atoms with Crippen molar-refractivity contribution in [2.24, 2.45) is 5.92 Å². The maximum atomic E-state index is 11.4. The molecule has 1 rings (SSSR count). The van der Waals surface area contributed by atoms with E-state index in [9.17, 15) is 4.79 Å². The highest BCUT2D eigenvalue weighted by Gasteiger charge is 2.20. The Balaban J connectivity index is 2.07. The molecule has 1 fully saturated rings. The molecular weight excluding hydrogens is 212 g/mol. The predicted octanol–water partition coefficient (Wildman–Crippen LogP) is 2.46. The molecule has 0 spiro atoms. The van der Waals surface area contributed by atoms with Crippen molar-refractivity contribution in [3.05, 3.63) is 0 Å². The van der Waals surface area contributed by atoms with Crippen LogP contribution in [-0.2, 0) is 4.79 Å². The van der Waals surface area contributed by atoms with Crippen LogP contribution in [0, 0.1) is 5.92 Å². The highest BCUT2D eigenvalue weighted by molar-refractivity contribution is 5.77. The van der Waals surface area contributed by atoms with E-state index in [-0.39, 0.29) is 5.91 Å². The Hall–Kier alpha value is -0.570. The molecule has 3 heteroatoms. The molecule has 0 aromatic heterocycles. The van der Waals surface area contributed by atoms with Gasteiger partial charge in [-0.15, -0.1) is 0 Å². The van der Waals surface area contributed by atoms with Gasteiger partial charge in [0, 0.05) is 12.6 Å². The summed E-state index contributed by atoms with van der Waals surface area (Å²) in [5, 5.41) is 6.28. The van der Waals surface area contributed by atoms with Crippen LogP contribution in [0.2, 0.25) is 0 Å². The molecule has 1 saturated carbocycles. The zero-order valence-corrected chi connectivity index (χ0v) is 11.4. The number of nitrogens with one attached hydrogen (secondary N) is 2. The van der Waals surface area contributed by atoms with Gasteiger partial charge in [0.1, 0.15) is 0 Å². The Kier molecular flexibility index (Phi) is 7.25. The SMILES string of the molecule is CCCNC(=O)CNC1CCC(CCC)CC1. The van der Waals surface area contributed by atoms with Gasteiger partial charge in [-0.05, 0) is 38.0 Å². The summed E-state index contributed by atoms with van der Waals surface area (Å²) in [5.74, 6) is 1.08. The average Bonchev–Trinajstić information content (AvgIpc) is 2.36. The Labute approximate surface area is 106 Å². The number of hydrogen-bond donors (Lipinski definition) is 2. The predicted molar refractivity (Wildman–Crippen MR) is 72.0 cm³/mol. The molecule has 1 aliphatic carbocycles. The number of carbonyl (C=O) groups is 1. The van der Waals surface area contributed by atoms with Crippen molar-refractivity contribution in [2.45, 2.75) is 64.8 Å². The number of amides is 1. The molecule has 100 valence electrons. The largest absolute Gasteiger partial charge is 0.355 e. The lowest BCUT2D eigenvalue weighted by atomic mass is 9.83. The second-order valence-electron chi connectivity index (χ2n) is 5.24. The summed E-state index contributed by atoms with van der Waals surface area (Å²) in [4.78, 5) is 11.4. The fraction of sp³-hybridized carbons (Fsp3) is 0.929. The van der Waals surface area contributed by atoms with Crippen LogP contribution in [-0.4, -0.2) is 25.0 Å². The standard InChI is InChI=1S/C14H28N2O/c1-3-5-12-6-8-13(9-7-12)16-11-14(17)15-10-4-2/h12-13,16H,3-11H2,1-2H3,(H,15,17). The summed E-state index contributed by atoms with van der Waals surface area (Å²) in [6.07, 6.45) is 8.85. The van der Waals surface area contributed by atoms with Crippen LogP contribution in [0.3, 0.4) is 0 Å². The van der Waals surface area contributed by atoms with Gasteiger partial charge in [-0.2, -0.15) is 0 Å². The van der Waals surface area contributed by atoms with Crippen LogP contribution in [0.1, 0.15) is 58.8 Å². The van der Waals surface area contributed by atoms with Crippen LogP contribution in [0.4, 0.5) is 0 Å². The van der Waals surface area contributed by atoms with Crippen molar-refractivity contribution >= 4 is 5.91 Å². The third kappa shape index (κ3) is 6.06. The van der Waals surface area contributed by atoms with E-state index in [1.807, 2.05) is 0 Å². The topological polar surface area (TPSA) is 41.1 Å². The van der Waals surface area contributed by atoms with Gasteiger partial charge in [-0.25, -0.2) is 0 Å². The fourth-order valence-corrected chi connectivity index (χ4v) is 2.63. The van der Waals surface area contributed by atoms with Gasteiger partial charge in [0.15, 0.2) is 0 Å². The minimum atomic E-state index is 0.141. The molecule has 0 aliphatic heterocycles. The lowest BCUT2D eigenvalue weighted by Gasteiger charge is -2.28. The van der Waals surface area contributed by atoms with E-state index >= 15 is 0 Å². The second kappa shape index (κ2) is 8.51. The van der Waals surface area contributed by atoms with E-state index in [4.69, 9.17) is 0 Å². The quantitative estimate of drug-likeness (QED) is 0.718. The molecule has 1 aliphatic rings. The summed E-state index contributed by atoms with van der Waals surface area (Å²) in [6, 6.07) is 0.565. The van der Waals surface area contributed by atoms with Crippen molar-refractivity contribution < 1.29 is 4.79 Å². The fourth-order valence-electron chi connectivity index (χ4n) is 2.63. The molecule has 0 aromatic carbocycles. The number of carbonyl (C=O) groups excluding carboxylic acids is 1. The molecule has 0 radical (unpaired) electrons. The van der Waals surface area contributed by atoms with Crippen molar-refractivity contribution in [1.29, 1.82) is 0 Å². The van der Waals surface area contributed by atoms with Crippen molar-refractivity contribution in [2.75, 3.05) is 13.1 Å². The molecule has 17 heavy (non-hydrogen) atoms. The van der Waals surface area contributed by atoms with Gasteiger partial charge in [-0.3, -0.25) is 4.79 Å². The monoisotopic (exact) mass is 240 g/mol. The molecule has 3 nitrogen and oxygen atoms in total. The molecule has 0 bridgehead atoms. The zero-order chi connectivity index (χ0) is 12.5. The first-order valence-electron chi connectivity index (χ1n) is 7.26. The molecule has 1 amide bonds. The molecular formula is C14H28N2O. The first-order chi connectivity index (χ1) is 8.26. The Bertz CT molecular complexity index is 210. The van der Waals surface area contributed by atoms with Gasteiger partial charge in [0.25, 0.3) is 0 Å². The minimum absolute atomic E-state index is 0.141. The molecule has 0 heterocycles. The Morgan fingerprint density at radius 1 is 1.12 bits per heavy atom. The van der Waals surface area contributed by atoms with Crippen molar-refractivity contribution in [1.82, 2.24) is 10.6 Å². The van der Waals surface area contributed by atoms with Gasteiger partial charge >= 0.3 is 0 Å². The van der Waals surface area contributed by atoms with Gasteiger partial charge in [0.2, 0.25) is 5.91 Å². The van der Waals surface area contributed by atoms with E-state index in [1.54, 1.807) is 0 Å². The average molecular weight is 240 g/mol. The van der Waals surface area contributed by atoms with Crippen molar-refractivity contribution in [3.8, 4) is 0 Å². The van der Waals surface area contributed by atoms with E-state index < -0.39 is 0 Å². The lowest BCUT2D eigenvalue weighted by Crippen LogP contribution is -2.41. The summed E-state index contributed by atoms with van der Waals surface area (Å²) in [5.41, 5.74) is 0. The second-order valence-corrected chi connectivity index (χ2v) is 5.24. The maximum absolute atomic E-state index is 11.4. The summed E-state index contributed by atoms with van der Waals surface area (Å²) >= 11 is 0. The molecule has 0 atom stereocenters. The van der Waals surface area contributed by atoms with Gasteiger partial charge < -0.3 is 10.6 Å². The van der Waals surface area contributed by atoms with Crippen LogP contribution in [0.15, 0.2) is 0 Å². The lowest BCUT2D eigenvalue weighted by molar-refractivity contribution is -0.120. The smallest absolute Gasteiger partial charge is 0.233 e. The highest BCUT2D eigenvalue weighted by Crippen LogP contribution is 2.27. The van der Waals surface area contributed by atoms with Crippen LogP contribution >= 0.6 is 0 Å². The first kappa shape index (κ1) is 14.5. The summed E-state index contributed by atoms with van der Waals surface area (Å²) in [7, 11) is 0. The minimum Gasteiger partial charge on any atom is -0.355 e. The van der Waals surface area contributed by atoms with E-state index in [2.05, 4.69) is 24.5 Å². The molecule has 0 saturated heterocycles. The van der Waals surface area contributed by atoms with Gasteiger partial charge in [-0.1, -0.05) is 26.7 Å². The maximum Gasteiger partial charge on any atom is 0.233 e. The summed E-state index contributed by atoms with van der Waals surface area (Å²) < 4.78 is 0. The van der Waals surface area contributed by atoms with Gasteiger partial charge in [0.05, 0.1) is 6.54 Å². The van der Waals surface area contributed by atoms with E-state index in [0.29, 0.717) is 12.6 Å². The third-order valence-corrected chi connectivity index (χ3v) is 3.67. The number of rotatable bonds is 7. The third-order valence-electron chi connectivity index (χ3n) is 3.67. The Morgan fingerprint density at radius 2 is 1.82 bits per heavy atom. The molecule has 2 N–H and O–H groups in total. The zero-order valence-electron chi connectivity index (χ0n) is 11.4. The van der Waals surface area contributed by atoms with Crippen molar-refractivity contribution in [3.63, 3.8) is 0 Å². The normalized spacial score (nSPS) is 24.6. The highest BCUT2D eigenvalue weighted by atomic mass is 16.1. The molecule has 0 unspecified atom stereocenters. The molecule has 0 aromatic rings. The summed E-state index contributed by atoms with van der Waals surface area (Å²) in [6.45, 7) is 5.62. The van der Waals surface area contributed by atoms with Crippen LogP contribution in [0.25, 0.3) is 0 Å². The van der Waals surface area contributed by atoms with E-state index in [0.717, 1.165) is 18.9 Å². The van der Waals surface area contributed by atoms with E-state index in [1.165, 1.54) is 38.5 Å². The van der Waals surface area contributed by atoms with Crippen LogP contribution < -0.4 is 10.6 Å². The number of hydrogen-bond acceptors (Lipinski definition) is 2.